The molecule has 1 aromatic carbocycles. The number of aromatic nitrogens is 1. The second-order valence-electron chi connectivity index (χ2n) is 4.22. The Morgan fingerprint density at radius 3 is 3.00 bits per heavy atom. The Hall–Kier alpha value is -1.39. The second kappa shape index (κ2) is 6.68. The molecule has 0 fully saturated rings. The van der Waals surface area contributed by atoms with Gasteiger partial charge in [0.1, 0.15) is 5.82 Å². The molecule has 1 heterocycles. The molecule has 0 saturated carbocycles. The number of nitrogens with one attached hydrogen (secondary N) is 1. The molecule has 0 aliphatic carbocycles. The van der Waals surface area contributed by atoms with Gasteiger partial charge in [-0.2, -0.15) is 0 Å². The lowest BCUT2D eigenvalue weighted by Crippen LogP contribution is -2.17. The molecule has 0 radical (unpaired) electrons. The van der Waals surface area contributed by atoms with Crippen molar-refractivity contribution in [2.45, 2.75) is 19.8 Å². The first-order valence-corrected chi connectivity index (χ1v) is 6.70. The van der Waals surface area contributed by atoms with E-state index < -0.39 is 5.82 Å². The van der Waals surface area contributed by atoms with Crippen LogP contribution in [0.4, 0.5) is 4.39 Å². The summed E-state index contributed by atoms with van der Waals surface area (Å²) in [7, 11) is 0. The van der Waals surface area contributed by atoms with E-state index in [-0.39, 0.29) is 5.02 Å². The summed E-state index contributed by atoms with van der Waals surface area (Å²) < 4.78 is 18.9. The molecule has 0 saturated heterocycles. The SMILES string of the molecule is CCCNCCc1ncc(-c2cccc(F)c2Cl)o1. The molecule has 0 atom stereocenters. The lowest BCUT2D eigenvalue weighted by atomic mass is 10.2. The maximum Gasteiger partial charge on any atom is 0.196 e. The maximum atomic E-state index is 13.4. The van der Waals surface area contributed by atoms with Crippen molar-refractivity contribution in [3.63, 3.8) is 0 Å². The fourth-order valence-electron chi connectivity index (χ4n) is 1.74. The van der Waals surface area contributed by atoms with E-state index in [0.717, 1.165) is 19.5 Å². The van der Waals surface area contributed by atoms with Gasteiger partial charge >= 0.3 is 0 Å². The molecule has 0 amide bonds. The molecule has 5 heteroatoms. The lowest BCUT2D eigenvalue weighted by Gasteiger charge is -2.01. The van der Waals surface area contributed by atoms with Gasteiger partial charge in [-0.3, -0.25) is 0 Å². The fourth-order valence-corrected chi connectivity index (χ4v) is 1.96. The molecule has 0 aliphatic heterocycles. The van der Waals surface area contributed by atoms with Crippen molar-refractivity contribution in [1.82, 2.24) is 10.3 Å². The summed E-state index contributed by atoms with van der Waals surface area (Å²) >= 11 is 5.91. The van der Waals surface area contributed by atoms with Gasteiger partial charge in [0.05, 0.1) is 11.2 Å². The van der Waals surface area contributed by atoms with Crippen molar-refractivity contribution in [3.8, 4) is 11.3 Å². The van der Waals surface area contributed by atoms with Crippen molar-refractivity contribution in [2.24, 2.45) is 0 Å². The van der Waals surface area contributed by atoms with Gasteiger partial charge in [-0.25, -0.2) is 9.37 Å². The Kier molecular flexibility index (Phi) is 4.93. The summed E-state index contributed by atoms with van der Waals surface area (Å²) in [4.78, 5) is 4.17. The minimum atomic E-state index is -0.457. The summed E-state index contributed by atoms with van der Waals surface area (Å²) in [5.41, 5.74) is 0.530. The first kappa shape index (κ1) is 14.0. The number of halogens is 2. The minimum Gasteiger partial charge on any atom is -0.441 e. The van der Waals surface area contributed by atoms with E-state index in [2.05, 4.69) is 17.2 Å². The molecule has 1 aromatic heterocycles. The number of hydrogen-bond acceptors (Lipinski definition) is 3. The Morgan fingerprint density at radius 2 is 2.21 bits per heavy atom. The molecular formula is C14H16ClFN2O. The van der Waals surface area contributed by atoms with Crippen molar-refractivity contribution in [3.05, 3.63) is 41.1 Å². The molecule has 2 aromatic rings. The zero-order valence-electron chi connectivity index (χ0n) is 10.7. The highest BCUT2D eigenvalue weighted by Crippen LogP contribution is 2.30. The van der Waals surface area contributed by atoms with Gasteiger partial charge in [0.2, 0.25) is 0 Å². The minimum absolute atomic E-state index is 0.0642. The van der Waals surface area contributed by atoms with Gasteiger partial charge in [-0.05, 0) is 25.1 Å². The Labute approximate surface area is 116 Å². The fraction of sp³-hybridized carbons (Fsp3) is 0.357. The van der Waals surface area contributed by atoms with Crippen LogP contribution in [0.5, 0.6) is 0 Å². The lowest BCUT2D eigenvalue weighted by molar-refractivity contribution is 0.494. The van der Waals surface area contributed by atoms with Gasteiger partial charge in [-0.1, -0.05) is 24.6 Å². The van der Waals surface area contributed by atoms with Crippen LogP contribution < -0.4 is 5.32 Å². The van der Waals surface area contributed by atoms with Crippen LogP contribution in [0.3, 0.4) is 0 Å². The maximum absolute atomic E-state index is 13.4. The van der Waals surface area contributed by atoms with E-state index in [4.69, 9.17) is 16.0 Å². The third kappa shape index (κ3) is 3.55. The third-order valence-electron chi connectivity index (χ3n) is 2.71. The third-order valence-corrected chi connectivity index (χ3v) is 3.10. The van der Waals surface area contributed by atoms with Gasteiger partial charge in [0.15, 0.2) is 11.7 Å². The van der Waals surface area contributed by atoms with Crippen LogP contribution in [0.2, 0.25) is 5.02 Å². The molecule has 1 N–H and O–H groups in total. The topological polar surface area (TPSA) is 38.1 Å². The van der Waals surface area contributed by atoms with Crippen LogP contribution in [0.15, 0.2) is 28.8 Å². The van der Waals surface area contributed by atoms with E-state index in [9.17, 15) is 4.39 Å². The Balaban J connectivity index is 2.06. The molecule has 0 spiro atoms. The smallest absolute Gasteiger partial charge is 0.196 e. The number of rotatable bonds is 6. The second-order valence-corrected chi connectivity index (χ2v) is 4.60. The highest BCUT2D eigenvalue weighted by atomic mass is 35.5. The zero-order chi connectivity index (χ0) is 13.7. The quantitative estimate of drug-likeness (QED) is 0.822. The summed E-state index contributed by atoms with van der Waals surface area (Å²) in [5.74, 6) is 0.663. The summed E-state index contributed by atoms with van der Waals surface area (Å²) in [5, 5.41) is 3.33. The molecule has 102 valence electrons. The van der Waals surface area contributed by atoms with Crippen LogP contribution in [-0.2, 0) is 6.42 Å². The largest absolute Gasteiger partial charge is 0.441 e. The van der Waals surface area contributed by atoms with Gasteiger partial charge in [0, 0.05) is 18.5 Å². The average molecular weight is 283 g/mol. The number of oxazole rings is 1. The molecule has 3 nitrogen and oxygen atoms in total. The van der Waals surface area contributed by atoms with Crippen molar-refractivity contribution in [1.29, 1.82) is 0 Å². The Bertz CT molecular complexity index is 542. The van der Waals surface area contributed by atoms with E-state index >= 15 is 0 Å². The van der Waals surface area contributed by atoms with Crippen LogP contribution in [0.25, 0.3) is 11.3 Å². The number of nitrogens with zero attached hydrogens (tertiary/aromatic N) is 1. The van der Waals surface area contributed by atoms with E-state index in [0.29, 0.717) is 23.6 Å². The molecule has 0 bridgehead atoms. The molecular weight excluding hydrogens is 267 g/mol. The molecule has 2 rings (SSSR count). The highest BCUT2D eigenvalue weighted by molar-refractivity contribution is 6.33. The first-order valence-electron chi connectivity index (χ1n) is 6.32. The standard InChI is InChI=1S/C14H16ClFN2O/c1-2-7-17-8-6-13-18-9-12(19-13)10-4-3-5-11(16)14(10)15/h3-5,9,17H,2,6-8H2,1H3. The molecule has 0 unspecified atom stereocenters. The van der Waals surface area contributed by atoms with Gasteiger partial charge in [-0.15, -0.1) is 0 Å². The first-order chi connectivity index (χ1) is 9.22. The molecule has 19 heavy (non-hydrogen) atoms. The summed E-state index contributed by atoms with van der Waals surface area (Å²) in [6.45, 7) is 3.90. The van der Waals surface area contributed by atoms with Crippen LogP contribution in [-0.4, -0.2) is 18.1 Å². The number of hydrogen-bond donors (Lipinski definition) is 1. The van der Waals surface area contributed by atoms with Gasteiger partial charge < -0.3 is 9.73 Å². The van der Waals surface area contributed by atoms with Crippen molar-refractivity contribution < 1.29 is 8.81 Å². The molecule has 0 aliphatic rings. The van der Waals surface area contributed by atoms with Crippen molar-refractivity contribution in [2.75, 3.05) is 13.1 Å². The monoisotopic (exact) mass is 282 g/mol. The predicted octanol–water partition coefficient (Wildman–Crippen LogP) is 3.68. The zero-order valence-corrected chi connectivity index (χ0v) is 11.5. The average Bonchev–Trinajstić information content (AvgIpc) is 2.87. The summed E-state index contributed by atoms with van der Waals surface area (Å²) in [6, 6.07) is 4.63. The normalized spacial score (nSPS) is 10.9. The predicted molar refractivity (Wildman–Crippen MR) is 73.8 cm³/mol. The van der Waals surface area contributed by atoms with E-state index in [1.165, 1.54) is 6.07 Å². The van der Waals surface area contributed by atoms with Crippen molar-refractivity contribution >= 4 is 11.6 Å². The van der Waals surface area contributed by atoms with Crippen LogP contribution >= 0.6 is 11.6 Å². The van der Waals surface area contributed by atoms with E-state index in [1.807, 2.05) is 0 Å². The highest BCUT2D eigenvalue weighted by Gasteiger charge is 2.12. The van der Waals surface area contributed by atoms with Crippen LogP contribution in [0.1, 0.15) is 19.2 Å². The Morgan fingerprint density at radius 1 is 1.37 bits per heavy atom. The van der Waals surface area contributed by atoms with Gasteiger partial charge in [0.25, 0.3) is 0 Å². The number of benzene rings is 1. The van der Waals surface area contributed by atoms with Crippen LogP contribution in [0, 0.1) is 5.82 Å². The van der Waals surface area contributed by atoms with E-state index in [1.54, 1.807) is 18.3 Å². The summed E-state index contributed by atoms with van der Waals surface area (Å²) in [6.07, 6.45) is 3.37.